The zero-order valence-electron chi connectivity index (χ0n) is 12.1. The van der Waals surface area contributed by atoms with Gasteiger partial charge in [0.25, 0.3) is 0 Å². The molecule has 2 saturated carbocycles. The van der Waals surface area contributed by atoms with Crippen molar-refractivity contribution in [3.8, 4) is 0 Å². The van der Waals surface area contributed by atoms with Crippen molar-refractivity contribution in [2.24, 2.45) is 11.3 Å². The van der Waals surface area contributed by atoms with Gasteiger partial charge >= 0.3 is 0 Å². The third kappa shape index (κ3) is 4.29. The molecule has 0 aromatic rings. The summed E-state index contributed by atoms with van der Waals surface area (Å²) in [5.41, 5.74) is 0.432. The number of amides is 1. The third-order valence-corrected chi connectivity index (χ3v) is 4.84. The van der Waals surface area contributed by atoms with E-state index in [9.17, 15) is 4.79 Å². The van der Waals surface area contributed by atoms with E-state index in [2.05, 4.69) is 19.2 Å². The number of hydrogen-bond acceptors (Lipinski definition) is 1. The molecule has 0 aliphatic heterocycles. The van der Waals surface area contributed by atoms with Crippen molar-refractivity contribution in [3.05, 3.63) is 0 Å². The molecule has 0 aromatic heterocycles. The summed E-state index contributed by atoms with van der Waals surface area (Å²) in [4.78, 5) is 11.9. The summed E-state index contributed by atoms with van der Waals surface area (Å²) >= 11 is 0. The highest BCUT2D eigenvalue weighted by molar-refractivity contribution is 5.76. The van der Waals surface area contributed by atoms with Gasteiger partial charge in [-0.05, 0) is 37.0 Å². The van der Waals surface area contributed by atoms with Crippen LogP contribution in [0.2, 0.25) is 0 Å². The molecule has 0 saturated heterocycles. The van der Waals surface area contributed by atoms with Gasteiger partial charge in [0.2, 0.25) is 5.91 Å². The summed E-state index contributed by atoms with van der Waals surface area (Å²) in [6, 6.07) is 0.443. The Labute approximate surface area is 112 Å². The van der Waals surface area contributed by atoms with E-state index in [1.165, 1.54) is 44.9 Å². The van der Waals surface area contributed by atoms with Crippen molar-refractivity contribution in [1.29, 1.82) is 0 Å². The highest BCUT2D eigenvalue weighted by atomic mass is 16.1. The fourth-order valence-electron chi connectivity index (χ4n) is 3.67. The summed E-state index contributed by atoms with van der Waals surface area (Å²) in [6.07, 6.45) is 12.3. The Hall–Kier alpha value is -0.530. The summed E-state index contributed by atoms with van der Waals surface area (Å²) < 4.78 is 0. The standard InChI is InChI=1S/C16H29NO/c1-16(2)11-10-14(12-16)17-15(18)9-8-13-6-4-3-5-7-13/h13-14H,3-12H2,1-2H3,(H,17,18). The highest BCUT2D eigenvalue weighted by Crippen LogP contribution is 2.37. The Kier molecular flexibility index (Phi) is 4.69. The first-order valence-corrected chi connectivity index (χ1v) is 7.84. The molecule has 0 aromatic carbocycles. The van der Waals surface area contributed by atoms with Crippen LogP contribution >= 0.6 is 0 Å². The van der Waals surface area contributed by atoms with Gasteiger partial charge in [0.1, 0.15) is 0 Å². The fourth-order valence-corrected chi connectivity index (χ4v) is 3.67. The first-order valence-electron chi connectivity index (χ1n) is 7.84. The van der Waals surface area contributed by atoms with Gasteiger partial charge in [0, 0.05) is 12.5 Å². The predicted molar refractivity (Wildman–Crippen MR) is 75.4 cm³/mol. The van der Waals surface area contributed by atoms with E-state index in [1.54, 1.807) is 0 Å². The zero-order valence-corrected chi connectivity index (χ0v) is 12.1. The molecular weight excluding hydrogens is 222 g/mol. The van der Waals surface area contributed by atoms with Crippen LogP contribution in [-0.2, 0) is 4.79 Å². The Morgan fingerprint density at radius 3 is 2.50 bits per heavy atom. The van der Waals surface area contributed by atoms with E-state index in [-0.39, 0.29) is 0 Å². The number of hydrogen-bond donors (Lipinski definition) is 1. The molecule has 1 amide bonds. The summed E-state index contributed by atoms with van der Waals surface area (Å²) in [5.74, 6) is 1.12. The van der Waals surface area contributed by atoms with Crippen LogP contribution in [0.15, 0.2) is 0 Å². The second-order valence-electron chi connectivity index (χ2n) is 7.21. The quantitative estimate of drug-likeness (QED) is 0.802. The molecule has 1 atom stereocenters. The second-order valence-corrected chi connectivity index (χ2v) is 7.21. The Balaban J connectivity index is 1.63. The lowest BCUT2D eigenvalue weighted by atomic mass is 9.86. The maximum atomic E-state index is 11.9. The molecule has 1 unspecified atom stereocenters. The fraction of sp³-hybridized carbons (Fsp3) is 0.938. The number of carbonyl (C=O) groups is 1. The van der Waals surface area contributed by atoms with Crippen LogP contribution in [-0.4, -0.2) is 11.9 Å². The van der Waals surface area contributed by atoms with Gasteiger partial charge in [0.05, 0.1) is 0 Å². The molecule has 0 radical (unpaired) electrons. The van der Waals surface area contributed by atoms with E-state index >= 15 is 0 Å². The molecule has 2 rings (SSSR count). The van der Waals surface area contributed by atoms with Crippen molar-refractivity contribution in [2.45, 2.75) is 84.1 Å². The monoisotopic (exact) mass is 251 g/mol. The number of carbonyl (C=O) groups excluding carboxylic acids is 1. The molecule has 104 valence electrons. The van der Waals surface area contributed by atoms with Gasteiger partial charge in [-0.3, -0.25) is 4.79 Å². The van der Waals surface area contributed by atoms with E-state index in [1.807, 2.05) is 0 Å². The van der Waals surface area contributed by atoms with Crippen LogP contribution in [0.3, 0.4) is 0 Å². The van der Waals surface area contributed by atoms with Crippen molar-refractivity contribution in [1.82, 2.24) is 5.32 Å². The van der Waals surface area contributed by atoms with E-state index in [0.717, 1.165) is 25.2 Å². The zero-order chi connectivity index (χ0) is 13.0. The lowest BCUT2D eigenvalue weighted by Crippen LogP contribution is -2.33. The molecule has 0 spiro atoms. The average Bonchev–Trinajstić information content (AvgIpc) is 2.67. The van der Waals surface area contributed by atoms with Crippen LogP contribution in [0.25, 0.3) is 0 Å². The first-order chi connectivity index (χ1) is 8.55. The third-order valence-electron chi connectivity index (χ3n) is 4.84. The van der Waals surface area contributed by atoms with E-state index in [0.29, 0.717) is 17.4 Å². The van der Waals surface area contributed by atoms with Gasteiger partial charge in [-0.2, -0.15) is 0 Å². The minimum Gasteiger partial charge on any atom is -0.353 e. The van der Waals surface area contributed by atoms with Gasteiger partial charge in [-0.25, -0.2) is 0 Å². The average molecular weight is 251 g/mol. The molecule has 2 nitrogen and oxygen atoms in total. The Morgan fingerprint density at radius 1 is 1.17 bits per heavy atom. The van der Waals surface area contributed by atoms with Gasteiger partial charge in [-0.1, -0.05) is 46.0 Å². The topological polar surface area (TPSA) is 29.1 Å². The number of rotatable bonds is 4. The van der Waals surface area contributed by atoms with E-state index < -0.39 is 0 Å². The molecule has 18 heavy (non-hydrogen) atoms. The highest BCUT2D eigenvalue weighted by Gasteiger charge is 2.31. The van der Waals surface area contributed by atoms with Crippen LogP contribution in [0.1, 0.15) is 78.1 Å². The normalized spacial score (nSPS) is 28.2. The van der Waals surface area contributed by atoms with Crippen LogP contribution in [0.5, 0.6) is 0 Å². The Bertz CT molecular complexity index is 279. The molecule has 2 aliphatic rings. The van der Waals surface area contributed by atoms with Crippen molar-refractivity contribution in [3.63, 3.8) is 0 Å². The maximum absolute atomic E-state index is 11.9. The molecule has 2 heteroatoms. The molecule has 1 N–H and O–H groups in total. The molecule has 2 aliphatic carbocycles. The minimum atomic E-state index is 0.295. The van der Waals surface area contributed by atoms with Crippen molar-refractivity contribution < 1.29 is 4.79 Å². The maximum Gasteiger partial charge on any atom is 0.220 e. The summed E-state index contributed by atoms with van der Waals surface area (Å²) in [7, 11) is 0. The van der Waals surface area contributed by atoms with Gasteiger partial charge in [0.15, 0.2) is 0 Å². The largest absolute Gasteiger partial charge is 0.353 e. The van der Waals surface area contributed by atoms with Gasteiger partial charge in [-0.15, -0.1) is 0 Å². The van der Waals surface area contributed by atoms with Gasteiger partial charge < -0.3 is 5.32 Å². The van der Waals surface area contributed by atoms with Crippen molar-refractivity contribution >= 4 is 5.91 Å². The van der Waals surface area contributed by atoms with Crippen molar-refractivity contribution in [2.75, 3.05) is 0 Å². The summed E-state index contributed by atoms with van der Waals surface area (Å²) in [6.45, 7) is 4.61. The van der Waals surface area contributed by atoms with E-state index in [4.69, 9.17) is 0 Å². The van der Waals surface area contributed by atoms with Crippen LogP contribution in [0.4, 0.5) is 0 Å². The second kappa shape index (κ2) is 6.08. The predicted octanol–water partition coefficient (Wildman–Crippen LogP) is 4.04. The Morgan fingerprint density at radius 2 is 1.89 bits per heavy atom. The molecule has 0 heterocycles. The summed E-state index contributed by atoms with van der Waals surface area (Å²) in [5, 5.41) is 3.24. The molecule has 0 bridgehead atoms. The lowest BCUT2D eigenvalue weighted by molar-refractivity contribution is -0.122. The first kappa shape index (κ1) is 13.9. The molecule has 2 fully saturated rings. The molecular formula is C16H29NO. The SMILES string of the molecule is CC1(C)CCC(NC(=O)CCC2CCCCC2)C1. The lowest BCUT2D eigenvalue weighted by Gasteiger charge is -2.22. The minimum absolute atomic E-state index is 0.295. The van der Waals surface area contributed by atoms with Crippen LogP contribution < -0.4 is 5.32 Å². The number of nitrogens with one attached hydrogen (secondary N) is 1. The van der Waals surface area contributed by atoms with Crippen LogP contribution in [0, 0.1) is 11.3 Å². The smallest absolute Gasteiger partial charge is 0.220 e.